The number of rotatable bonds is 10. The third kappa shape index (κ3) is 8.67. The zero-order valence-electron chi connectivity index (χ0n) is 22.7. The Kier molecular flexibility index (Phi) is 9.34. The minimum Gasteiger partial charge on any atom is -0.497 e. The monoisotopic (exact) mass is 502 g/mol. The van der Waals surface area contributed by atoms with Gasteiger partial charge in [0.1, 0.15) is 17.5 Å². The van der Waals surface area contributed by atoms with Crippen LogP contribution in [0.3, 0.4) is 0 Å². The number of aryl methyl sites for hydroxylation is 2. The van der Waals surface area contributed by atoms with Gasteiger partial charge in [0.25, 0.3) is 5.91 Å². The Morgan fingerprint density at radius 3 is 2.14 bits per heavy atom. The van der Waals surface area contributed by atoms with E-state index in [-0.39, 0.29) is 25.0 Å². The molecule has 0 aliphatic heterocycles. The van der Waals surface area contributed by atoms with E-state index in [0.29, 0.717) is 17.9 Å². The maximum absolute atomic E-state index is 13.7. The Labute approximate surface area is 220 Å². The molecule has 2 amide bonds. The van der Waals surface area contributed by atoms with Crippen molar-refractivity contribution in [1.82, 2.24) is 10.2 Å². The summed E-state index contributed by atoms with van der Waals surface area (Å²) < 4.78 is 11.3. The first kappa shape index (κ1) is 27.8. The molecule has 0 fully saturated rings. The maximum Gasteiger partial charge on any atom is 0.261 e. The molecule has 1 atom stereocenters. The normalized spacial score (nSPS) is 11.9. The van der Waals surface area contributed by atoms with Crippen molar-refractivity contribution in [2.45, 2.75) is 59.2 Å². The van der Waals surface area contributed by atoms with Gasteiger partial charge in [0.15, 0.2) is 6.61 Å². The molecule has 6 nitrogen and oxygen atoms in total. The van der Waals surface area contributed by atoms with Crippen LogP contribution in [0.5, 0.6) is 11.5 Å². The topological polar surface area (TPSA) is 67.9 Å². The van der Waals surface area contributed by atoms with E-state index >= 15 is 0 Å². The van der Waals surface area contributed by atoms with E-state index in [1.54, 1.807) is 12.0 Å². The van der Waals surface area contributed by atoms with Crippen LogP contribution in [0.4, 0.5) is 0 Å². The molecule has 0 radical (unpaired) electrons. The Morgan fingerprint density at radius 1 is 0.865 bits per heavy atom. The van der Waals surface area contributed by atoms with Crippen LogP contribution in [0.15, 0.2) is 72.8 Å². The van der Waals surface area contributed by atoms with Gasteiger partial charge in [0, 0.05) is 18.5 Å². The van der Waals surface area contributed by atoms with Gasteiger partial charge in [-0.05, 0) is 81.1 Å². The van der Waals surface area contributed by atoms with Crippen LogP contribution >= 0.6 is 0 Å². The van der Waals surface area contributed by atoms with Gasteiger partial charge in [-0.3, -0.25) is 9.59 Å². The van der Waals surface area contributed by atoms with Crippen molar-refractivity contribution in [2.24, 2.45) is 0 Å². The summed E-state index contributed by atoms with van der Waals surface area (Å²) in [4.78, 5) is 29.0. The average molecular weight is 503 g/mol. The van der Waals surface area contributed by atoms with E-state index in [2.05, 4.69) is 11.4 Å². The zero-order valence-corrected chi connectivity index (χ0v) is 22.7. The van der Waals surface area contributed by atoms with Gasteiger partial charge in [-0.1, -0.05) is 48.5 Å². The molecule has 0 saturated carbocycles. The van der Waals surface area contributed by atoms with Gasteiger partial charge in [-0.2, -0.15) is 0 Å². The molecule has 0 bridgehead atoms. The highest BCUT2D eigenvalue weighted by Crippen LogP contribution is 2.20. The van der Waals surface area contributed by atoms with Gasteiger partial charge in [-0.25, -0.2) is 0 Å². The molecule has 0 spiro atoms. The lowest BCUT2D eigenvalue weighted by Gasteiger charge is -2.33. The molecular formula is C31H38N2O4. The van der Waals surface area contributed by atoms with E-state index in [4.69, 9.17) is 9.47 Å². The number of nitrogens with zero attached hydrogens (tertiary/aromatic N) is 1. The number of methoxy groups -OCH3 is 1. The maximum atomic E-state index is 13.7. The molecule has 0 saturated heterocycles. The summed E-state index contributed by atoms with van der Waals surface area (Å²) in [5.41, 5.74) is 3.49. The van der Waals surface area contributed by atoms with Crippen molar-refractivity contribution in [3.8, 4) is 11.5 Å². The molecule has 3 aromatic rings. The summed E-state index contributed by atoms with van der Waals surface area (Å²) in [6.07, 6.45) is 0.377. The number of amides is 2. The quantitative estimate of drug-likeness (QED) is 0.411. The van der Waals surface area contributed by atoms with Crippen LogP contribution in [0.2, 0.25) is 0 Å². The number of carbonyl (C=O) groups excluding carboxylic acids is 2. The second-order valence-electron chi connectivity index (χ2n) is 10.4. The first-order valence-corrected chi connectivity index (χ1v) is 12.5. The van der Waals surface area contributed by atoms with Crippen molar-refractivity contribution < 1.29 is 19.1 Å². The third-order valence-corrected chi connectivity index (χ3v) is 5.81. The van der Waals surface area contributed by atoms with Crippen LogP contribution < -0.4 is 14.8 Å². The Balaban J connectivity index is 1.95. The highest BCUT2D eigenvalue weighted by Gasteiger charge is 2.32. The standard InChI is InChI=1S/C31H38N2O4/c1-22-15-23(2)17-27(16-22)37-21-29(34)33(20-25-13-10-14-26(18-25)36-6)28(30(35)32-31(3,4)5)19-24-11-8-7-9-12-24/h7-18,28H,19-21H2,1-6H3,(H,32,35)/t28-/m1/s1. The van der Waals surface area contributed by atoms with E-state index < -0.39 is 11.6 Å². The molecule has 1 N–H and O–H groups in total. The minimum atomic E-state index is -0.733. The molecule has 0 aliphatic carbocycles. The zero-order chi connectivity index (χ0) is 27.0. The van der Waals surface area contributed by atoms with Gasteiger partial charge in [0.05, 0.1) is 7.11 Å². The predicted octanol–water partition coefficient (Wildman–Crippen LogP) is 5.25. The number of nitrogens with one attached hydrogen (secondary N) is 1. The highest BCUT2D eigenvalue weighted by atomic mass is 16.5. The summed E-state index contributed by atoms with van der Waals surface area (Å²) in [5.74, 6) is 0.840. The lowest BCUT2D eigenvalue weighted by atomic mass is 10.0. The van der Waals surface area contributed by atoms with E-state index in [9.17, 15) is 9.59 Å². The third-order valence-electron chi connectivity index (χ3n) is 5.81. The Bertz CT molecular complexity index is 1180. The summed E-state index contributed by atoms with van der Waals surface area (Å²) in [5, 5.41) is 3.07. The number of benzene rings is 3. The molecule has 6 heteroatoms. The molecule has 0 unspecified atom stereocenters. The molecule has 196 valence electrons. The van der Waals surface area contributed by atoms with Crippen molar-refractivity contribution >= 4 is 11.8 Å². The SMILES string of the molecule is COc1cccc(CN(C(=O)COc2cc(C)cc(C)c2)[C@H](Cc2ccccc2)C(=O)NC(C)(C)C)c1. The molecule has 0 heterocycles. The number of ether oxygens (including phenoxy) is 2. The van der Waals surface area contributed by atoms with Crippen molar-refractivity contribution in [1.29, 1.82) is 0 Å². The largest absolute Gasteiger partial charge is 0.497 e. The molecule has 3 rings (SSSR count). The van der Waals surface area contributed by atoms with Gasteiger partial charge < -0.3 is 19.7 Å². The van der Waals surface area contributed by atoms with Crippen LogP contribution in [-0.2, 0) is 22.6 Å². The van der Waals surface area contributed by atoms with Crippen LogP contribution in [0.1, 0.15) is 43.0 Å². The Hall–Kier alpha value is -3.80. The van der Waals surface area contributed by atoms with E-state index in [1.807, 2.05) is 101 Å². The average Bonchev–Trinajstić information content (AvgIpc) is 2.83. The van der Waals surface area contributed by atoms with E-state index in [0.717, 1.165) is 22.3 Å². The van der Waals surface area contributed by atoms with Crippen molar-refractivity contribution in [3.63, 3.8) is 0 Å². The molecule has 3 aromatic carbocycles. The predicted molar refractivity (Wildman–Crippen MR) is 147 cm³/mol. The van der Waals surface area contributed by atoms with Gasteiger partial charge in [0.2, 0.25) is 5.91 Å². The lowest BCUT2D eigenvalue weighted by molar-refractivity contribution is -0.143. The molecular weight excluding hydrogens is 464 g/mol. The highest BCUT2D eigenvalue weighted by molar-refractivity contribution is 5.89. The Morgan fingerprint density at radius 2 is 1.51 bits per heavy atom. The number of hydrogen-bond acceptors (Lipinski definition) is 4. The summed E-state index contributed by atoms with van der Waals surface area (Å²) >= 11 is 0. The van der Waals surface area contributed by atoms with Crippen molar-refractivity contribution in [2.75, 3.05) is 13.7 Å². The smallest absolute Gasteiger partial charge is 0.261 e. The molecule has 37 heavy (non-hydrogen) atoms. The number of carbonyl (C=O) groups is 2. The second-order valence-corrected chi connectivity index (χ2v) is 10.4. The minimum absolute atomic E-state index is 0.180. The first-order chi connectivity index (χ1) is 17.5. The first-order valence-electron chi connectivity index (χ1n) is 12.5. The second kappa shape index (κ2) is 12.4. The lowest BCUT2D eigenvalue weighted by Crippen LogP contribution is -2.55. The number of hydrogen-bond donors (Lipinski definition) is 1. The van der Waals surface area contributed by atoms with E-state index in [1.165, 1.54) is 0 Å². The fraction of sp³-hybridized carbons (Fsp3) is 0.355. The fourth-order valence-corrected chi connectivity index (χ4v) is 4.22. The summed E-state index contributed by atoms with van der Waals surface area (Å²) in [6, 6.07) is 22.4. The van der Waals surface area contributed by atoms with Crippen LogP contribution in [0, 0.1) is 13.8 Å². The van der Waals surface area contributed by atoms with Gasteiger partial charge in [-0.15, -0.1) is 0 Å². The summed E-state index contributed by atoms with van der Waals surface area (Å²) in [7, 11) is 1.61. The van der Waals surface area contributed by atoms with Crippen molar-refractivity contribution in [3.05, 3.63) is 95.1 Å². The molecule has 0 aliphatic rings. The van der Waals surface area contributed by atoms with Crippen LogP contribution in [0.25, 0.3) is 0 Å². The molecule has 0 aromatic heterocycles. The van der Waals surface area contributed by atoms with Gasteiger partial charge >= 0.3 is 0 Å². The summed E-state index contributed by atoms with van der Waals surface area (Å²) in [6.45, 7) is 9.83. The van der Waals surface area contributed by atoms with Crippen LogP contribution in [-0.4, -0.2) is 42.0 Å². The fourth-order valence-electron chi connectivity index (χ4n) is 4.22.